The van der Waals surface area contributed by atoms with Gasteiger partial charge in [-0.05, 0) is 25.8 Å². The molecule has 0 aliphatic heterocycles. The minimum atomic E-state index is -1.00. The van der Waals surface area contributed by atoms with E-state index in [1.54, 1.807) is 0 Å². The highest BCUT2D eigenvalue weighted by Crippen LogP contribution is 2.49. The van der Waals surface area contributed by atoms with Crippen LogP contribution in [0.5, 0.6) is 0 Å². The number of nitrogens with two attached hydrogens (primary N) is 1. The molecule has 1 saturated carbocycles. The topological polar surface area (TPSA) is 90.6 Å². The molecule has 6 heteroatoms. The summed E-state index contributed by atoms with van der Waals surface area (Å²) in [4.78, 5) is 25.0. The van der Waals surface area contributed by atoms with Gasteiger partial charge < -0.3 is 20.5 Å². The van der Waals surface area contributed by atoms with Crippen LogP contribution in [-0.4, -0.2) is 43.8 Å². The Kier molecular flexibility index (Phi) is 6.65. The van der Waals surface area contributed by atoms with Gasteiger partial charge in [-0.15, -0.1) is 0 Å². The molecule has 0 radical (unpaired) electrons. The molecular weight excluding hydrogens is 344 g/mol. The molecule has 6 nitrogen and oxygen atoms in total. The molecule has 1 aliphatic rings. The lowest BCUT2D eigenvalue weighted by Gasteiger charge is -2.57. The highest BCUT2D eigenvalue weighted by atomic mass is 16.5. The molecule has 0 aromatic heterocycles. The minimum Gasteiger partial charge on any atom is -0.469 e. The quantitative estimate of drug-likeness (QED) is 0.677. The molecule has 0 heterocycles. The smallest absolute Gasteiger partial charge is 0.310 e. The van der Waals surface area contributed by atoms with Crippen molar-refractivity contribution in [1.82, 2.24) is 5.32 Å². The first-order valence-electron chi connectivity index (χ1n) is 9.47. The predicted octanol–water partition coefficient (Wildman–Crippen LogP) is 1.98. The molecule has 3 unspecified atom stereocenters. The standard InChI is InChI=1S/C21H32N2O4/c1-6-27-17-12-21(22,20(17,3)4)19(25)23-13-16(18(24)26-5)11-15-9-7-8-14(2)10-15/h7-10,16-17H,6,11-13,22H2,1-5H3,(H,23,25). The Hall–Kier alpha value is -1.92. The molecule has 0 bridgehead atoms. The molecule has 3 atom stereocenters. The molecule has 27 heavy (non-hydrogen) atoms. The third kappa shape index (κ3) is 4.33. The van der Waals surface area contributed by atoms with Crippen molar-refractivity contribution in [1.29, 1.82) is 0 Å². The van der Waals surface area contributed by atoms with Gasteiger partial charge in [0.25, 0.3) is 0 Å². The number of rotatable bonds is 8. The second-order valence-corrected chi connectivity index (χ2v) is 7.96. The number of esters is 1. The zero-order chi connectivity index (χ0) is 20.2. The number of hydrogen-bond acceptors (Lipinski definition) is 5. The molecule has 150 valence electrons. The van der Waals surface area contributed by atoms with Crippen molar-refractivity contribution < 1.29 is 19.1 Å². The number of aryl methyl sites for hydroxylation is 1. The van der Waals surface area contributed by atoms with Gasteiger partial charge in [-0.2, -0.15) is 0 Å². The molecule has 1 aromatic carbocycles. The van der Waals surface area contributed by atoms with Crippen LogP contribution in [0, 0.1) is 18.3 Å². The SMILES string of the molecule is CCOC1CC(N)(C(=O)NCC(Cc2cccc(C)c2)C(=O)OC)C1(C)C. The van der Waals surface area contributed by atoms with Gasteiger partial charge in [0.05, 0.1) is 19.1 Å². The monoisotopic (exact) mass is 376 g/mol. The third-order valence-electron chi connectivity index (χ3n) is 5.84. The number of ether oxygens (including phenoxy) is 2. The summed E-state index contributed by atoms with van der Waals surface area (Å²) in [6.45, 7) is 8.60. The molecule has 1 fully saturated rings. The van der Waals surface area contributed by atoms with Crippen molar-refractivity contribution in [2.24, 2.45) is 17.1 Å². The lowest BCUT2D eigenvalue weighted by Crippen LogP contribution is -2.76. The lowest BCUT2D eigenvalue weighted by atomic mass is 9.54. The van der Waals surface area contributed by atoms with E-state index >= 15 is 0 Å². The second-order valence-electron chi connectivity index (χ2n) is 7.96. The normalized spacial score (nSPS) is 24.6. The number of methoxy groups -OCH3 is 1. The first-order valence-corrected chi connectivity index (χ1v) is 9.47. The van der Waals surface area contributed by atoms with Crippen LogP contribution in [0.1, 0.15) is 38.3 Å². The van der Waals surface area contributed by atoms with Gasteiger partial charge in [-0.1, -0.05) is 43.7 Å². The van der Waals surface area contributed by atoms with Gasteiger partial charge in [0, 0.05) is 25.0 Å². The Morgan fingerprint density at radius 1 is 1.37 bits per heavy atom. The van der Waals surface area contributed by atoms with Crippen LogP contribution in [0.15, 0.2) is 24.3 Å². The Morgan fingerprint density at radius 2 is 2.07 bits per heavy atom. The van der Waals surface area contributed by atoms with Crippen molar-refractivity contribution in [3.05, 3.63) is 35.4 Å². The first-order chi connectivity index (χ1) is 12.7. The van der Waals surface area contributed by atoms with E-state index in [1.165, 1.54) is 7.11 Å². The van der Waals surface area contributed by atoms with E-state index in [0.717, 1.165) is 11.1 Å². The van der Waals surface area contributed by atoms with Gasteiger partial charge in [0.1, 0.15) is 5.54 Å². The number of benzene rings is 1. The zero-order valence-corrected chi connectivity index (χ0v) is 17.0. The van der Waals surface area contributed by atoms with Crippen molar-refractivity contribution >= 4 is 11.9 Å². The maximum Gasteiger partial charge on any atom is 0.310 e. The van der Waals surface area contributed by atoms with Gasteiger partial charge in [0.2, 0.25) is 5.91 Å². The number of carbonyl (C=O) groups excluding carboxylic acids is 2. The number of amides is 1. The summed E-state index contributed by atoms with van der Waals surface area (Å²) in [5.74, 6) is -1.06. The Balaban J connectivity index is 2.02. The van der Waals surface area contributed by atoms with E-state index in [4.69, 9.17) is 15.2 Å². The van der Waals surface area contributed by atoms with E-state index in [2.05, 4.69) is 5.32 Å². The molecule has 1 aliphatic carbocycles. The van der Waals surface area contributed by atoms with E-state index in [9.17, 15) is 9.59 Å². The second kappa shape index (κ2) is 8.40. The number of hydrogen-bond donors (Lipinski definition) is 2. The van der Waals surface area contributed by atoms with Crippen molar-refractivity contribution in [2.45, 2.75) is 52.2 Å². The summed E-state index contributed by atoms with van der Waals surface area (Å²) in [7, 11) is 1.36. The van der Waals surface area contributed by atoms with Gasteiger partial charge >= 0.3 is 5.97 Å². The Bertz CT molecular complexity index is 689. The molecule has 1 aromatic rings. The highest BCUT2D eigenvalue weighted by Gasteiger charge is 2.62. The minimum absolute atomic E-state index is 0.0399. The van der Waals surface area contributed by atoms with Crippen molar-refractivity contribution in [2.75, 3.05) is 20.3 Å². The lowest BCUT2D eigenvalue weighted by molar-refractivity contribution is -0.170. The molecule has 2 rings (SSSR count). The molecule has 0 saturated heterocycles. The number of nitrogens with one attached hydrogen (secondary N) is 1. The van der Waals surface area contributed by atoms with Gasteiger partial charge in [-0.25, -0.2) is 0 Å². The van der Waals surface area contributed by atoms with Crippen LogP contribution in [0.25, 0.3) is 0 Å². The molecular formula is C21H32N2O4. The van der Waals surface area contributed by atoms with Crippen LogP contribution in [-0.2, 0) is 25.5 Å². The maximum absolute atomic E-state index is 12.8. The summed E-state index contributed by atoms with van der Waals surface area (Å²) in [5, 5.41) is 2.87. The van der Waals surface area contributed by atoms with Crippen LogP contribution >= 0.6 is 0 Å². The van der Waals surface area contributed by atoms with E-state index in [1.807, 2.05) is 52.0 Å². The van der Waals surface area contributed by atoms with E-state index in [-0.39, 0.29) is 24.5 Å². The Labute approximate surface area is 161 Å². The average molecular weight is 376 g/mol. The highest BCUT2D eigenvalue weighted by molar-refractivity contribution is 5.89. The maximum atomic E-state index is 12.8. The van der Waals surface area contributed by atoms with Crippen LogP contribution in [0.2, 0.25) is 0 Å². The molecule has 0 spiro atoms. The van der Waals surface area contributed by atoms with Crippen LogP contribution in [0.3, 0.4) is 0 Å². The average Bonchev–Trinajstić information content (AvgIpc) is 2.63. The summed E-state index contributed by atoms with van der Waals surface area (Å²) < 4.78 is 10.6. The zero-order valence-electron chi connectivity index (χ0n) is 17.0. The summed E-state index contributed by atoms with van der Waals surface area (Å²) in [6.07, 6.45) is 0.930. The van der Waals surface area contributed by atoms with Gasteiger partial charge in [0.15, 0.2) is 0 Å². The fourth-order valence-corrected chi connectivity index (χ4v) is 3.72. The summed E-state index contributed by atoms with van der Waals surface area (Å²) in [6, 6.07) is 7.96. The Morgan fingerprint density at radius 3 is 2.63 bits per heavy atom. The largest absolute Gasteiger partial charge is 0.469 e. The fraction of sp³-hybridized carbons (Fsp3) is 0.619. The van der Waals surface area contributed by atoms with E-state index < -0.39 is 16.9 Å². The van der Waals surface area contributed by atoms with Gasteiger partial charge in [-0.3, -0.25) is 9.59 Å². The van der Waals surface area contributed by atoms with E-state index in [0.29, 0.717) is 19.4 Å². The van der Waals surface area contributed by atoms with Crippen molar-refractivity contribution in [3.8, 4) is 0 Å². The third-order valence-corrected chi connectivity index (χ3v) is 5.84. The summed E-state index contributed by atoms with van der Waals surface area (Å²) in [5.41, 5.74) is 7.09. The van der Waals surface area contributed by atoms with Crippen molar-refractivity contribution in [3.63, 3.8) is 0 Å². The molecule has 1 amide bonds. The first kappa shape index (κ1) is 21.4. The summed E-state index contributed by atoms with van der Waals surface area (Å²) >= 11 is 0. The fourth-order valence-electron chi connectivity index (χ4n) is 3.72. The molecule has 3 N–H and O–H groups in total. The predicted molar refractivity (Wildman–Crippen MR) is 104 cm³/mol. The number of carbonyl (C=O) groups is 2. The van der Waals surface area contributed by atoms with Crippen LogP contribution in [0.4, 0.5) is 0 Å². The van der Waals surface area contributed by atoms with Crippen LogP contribution < -0.4 is 11.1 Å².